The highest BCUT2D eigenvalue weighted by molar-refractivity contribution is 7.99. The van der Waals surface area contributed by atoms with Crippen molar-refractivity contribution in [3.63, 3.8) is 0 Å². The normalized spacial score (nSPS) is 11.4. The summed E-state index contributed by atoms with van der Waals surface area (Å²) in [7, 11) is 0. The zero-order valence-corrected chi connectivity index (χ0v) is 18.9. The molecule has 3 rings (SSSR count). The van der Waals surface area contributed by atoms with Crippen molar-refractivity contribution in [2.45, 2.75) is 32.4 Å². The zero-order chi connectivity index (χ0) is 24.0. The van der Waals surface area contributed by atoms with Gasteiger partial charge in [-0.2, -0.15) is 13.2 Å². The number of rotatable bonds is 10. The number of aliphatic carboxylic acids is 1. The van der Waals surface area contributed by atoms with Crippen molar-refractivity contribution in [3.8, 4) is 22.8 Å². The summed E-state index contributed by atoms with van der Waals surface area (Å²) in [4.78, 5) is 10.8. The van der Waals surface area contributed by atoms with Crippen molar-refractivity contribution in [3.05, 3.63) is 71.0 Å². The van der Waals surface area contributed by atoms with E-state index >= 15 is 0 Å². The van der Waals surface area contributed by atoms with E-state index in [-0.39, 0.29) is 12.4 Å². The Morgan fingerprint density at radius 2 is 1.79 bits per heavy atom. The van der Waals surface area contributed by atoms with Gasteiger partial charge in [0.1, 0.15) is 29.6 Å². The minimum absolute atomic E-state index is 0.0163. The minimum atomic E-state index is -4.39. The molecule has 0 bridgehead atoms. The van der Waals surface area contributed by atoms with Gasteiger partial charge in [0.05, 0.1) is 17.9 Å². The molecule has 0 atom stereocenters. The third-order valence-corrected chi connectivity index (χ3v) is 5.69. The Kier molecular flexibility index (Phi) is 7.97. The molecular formula is C24H23F3O5S. The minimum Gasteiger partial charge on any atom is -0.494 e. The fourth-order valence-corrected chi connectivity index (χ4v) is 3.82. The van der Waals surface area contributed by atoms with Gasteiger partial charge >= 0.3 is 12.1 Å². The predicted molar refractivity (Wildman–Crippen MR) is 120 cm³/mol. The number of carboxylic acid groups (broad SMARTS) is 1. The fourth-order valence-electron chi connectivity index (χ4n) is 3.09. The first kappa shape index (κ1) is 24.6. The molecule has 0 fully saturated rings. The quantitative estimate of drug-likeness (QED) is 0.354. The molecule has 1 N–H and O–H groups in total. The average molecular weight is 481 g/mol. The van der Waals surface area contributed by atoms with Gasteiger partial charge in [-0.25, -0.2) is 0 Å². The topological polar surface area (TPSA) is 68.9 Å². The third-order valence-electron chi connectivity index (χ3n) is 4.73. The molecular weight excluding hydrogens is 457 g/mol. The summed E-state index contributed by atoms with van der Waals surface area (Å²) in [5.41, 5.74) is 1.41. The first-order valence-corrected chi connectivity index (χ1v) is 11.3. The molecule has 0 radical (unpaired) electrons. The highest BCUT2D eigenvalue weighted by atomic mass is 32.2. The molecule has 2 aromatic carbocycles. The van der Waals surface area contributed by atoms with Crippen LogP contribution in [0, 0.1) is 6.92 Å². The second-order valence-electron chi connectivity index (χ2n) is 7.14. The molecule has 9 heteroatoms. The number of hydrogen-bond donors (Lipinski definition) is 1. The number of carboxylic acids is 1. The average Bonchev–Trinajstić information content (AvgIpc) is 3.13. The van der Waals surface area contributed by atoms with Crippen LogP contribution in [0.4, 0.5) is 13.2 Å². The van der Waals surface area contributed by atoms with Crippen molar-refractivity contribution >= 4 is 17.7 Å². The summed E-state index contributed by atoms with van der Waals surface area (Å²) in [5.74, 6) is 1.88. The molecule has 0 aliphatic rings. The standard InChI is InChI=1S/C24H23F3O5S/c1-3-30-21-9-8-20(10-18(21)13-33-14-23(28)29)31-12-17-11-22(32-15(17)2)16-4-6-19(7-5-16)24(25,26)27/h4-11H,3,12-14H2,1-2H3,(H,28,29). The molecule has 176 valence electrons. The molecule has 0 unspecified atom stereocenters. The lowest BCUT2D eigenvalue weighted by molar-refractivity contribution is -0.137. The molecule has 1 aromatic heterocycles. The Morgan fingerprint density at radius 1 is 1.06 bits per heavy atom. The van der Waals surface area contributed by atoms with E-state index in [1.54, 1.807) is 25.1 Å². The molecule has 0 aliphatic heterocycles. The van der Waals surface area contributed by atoms with Crippen molar-refractivity contribution in [2.24, 2.45) is 0 Å². The first-order chi connectivity index (χ1) is 15.7. The fraction of sp³-hybridized carbons (Fsp3) is 0.292. The molecule has 3 aromatic rings. The van der Waals surface area contributed by atoms with E-state index in [1.807, 2.05) is 13.0 Å². The van der Waals surface area contributed by atoms with Crippen LogP contribution in [0.1, 0.15) is 29.4 Å². The predicted octanol–water partition coefficient (Wildman–Crippen LogP) is 6.57. The highest BCUT2D eigenvalue weighted by Gasteiger charge is 2.30. The van der Waals surface area contributed by atoms with Crippen molar-refractivity contribution < 1.29 is 37.0 Å². The number of ether oxygens (including phenoxy) is 2. The van der Waals surface area contributed by atoms with Crippen molar-refractivity contribution in [1.82, 2.24) is 0 Å². The zero-order valence-electron chi connectivity index (χ0n) is 18.1. The van der Waals surface area contributed by atoms with E-state index in [9.17, 15) is 18.0 Å². The van der Waals surface area contributed by atoms with Gasteiger partial charge in [-0.1, -0.05) is 12.1 Å². The second kappa shape index (κ2) is 10.7. The molecule has 5 nitrogen and oxygen atoms in total. The van der Waals surface area contributed by atoms with Gasteiger partial charge in [0.2, 0.25) is 0 Å². The Labute approximate surface area is 193 Å². The molecule has 0 saturated heterocycles. The maximum Gasteiger partial charge on any atom is 0.416 e. The van der Waals surface area contributed by atoms with Crippen LogP contribution in [0.5, 0.6) is 11.5 Å². The van der Waals surface area contributed by atoms with Crippen LogP contribution in [0.3, 0.4) is 0 Å². The molecule has 1 heterocycles. The van der Waals surface area contributed by atoms with Gasteiger partial charge in [0.15, 0.2) is 0 Å². The number of hydrogen-bond acceptors (Lipinski definition) is 5. The van der Waals surface area contributed by atoms with E-state index in [0.717, 1.165) is 23.3 Å². The lowest BCUT2D eigenvalue weighted by Crippen LogP contribution is -2.03. The van der Waals surface area contributed by atoms with Gasteiger partial charge < -0.3 is 19.0 Å². The highest BCUT2D eigenvalue weighted by Crippen LogP contribution is 2.33. The summed E-state index contributed by atoms with van der Waals surface area (Å²) in [6.07, 6.45) is -4.39. The van der Waals surface area contributed by atoms with E-state index in [0.29, 0.717) is 40.9 Å². The third kappa shape index (κ3) is 6.71. The van der Waals surface area contributed by atoms with E-state index < -0.39 is 17.7 Å². The summed E-state index contributed by atoms with van der Waals surface area (Å²) in [6, 6.07) is 11.9. The van der Waals surface area contributed by atoms with Crippen LogP contribution in [0.25, 0.3) is 11.3 Å². The number of benzene rings is 2. The largest absolute Gasteiger partial charge is 0.494 e. The molecule has 0 spiro atoms. The van der Waals surface area contributed by atoms with Crippen LogP contribution in [0.15, 0.2) is 52.9 Å². The number of aryl methyl sites for hydroxylation is 1. The van der Waals surface area contributed by atoms with Crippen LogP contribution >= 0.6 is 11.8 Å². The van der Waals surface area contributed by atoms with Crippen LogP contribution < -0.4 is 9.47 Å². The number of halogens is 3. The Hall–Kier alpha value is -3.07. The SMILES string of the molecule is CCOc1ccc(OCc2cc(-c3ccc(C(F)(F)F)cc3)oc2C)cc1CSCC(=O)O. The van der Waals surface area contributed by atoms with E-state index in [2.05, 4.69) is 0 Å². The van der Waals surface area contributed by atoms with Gasteiger partial charge in [-0.15, -0.1) is 11.8 Å². The summed E-state index contributed by atoms with van der Waals surface area (Å²) < 4.78 is 55.6. The van der Waals surface area contributed by atoms with E-state index in [4.69, 9.17) is 19.0 Å². The van der Waals surface area contributed by atoms with Gasteiger partial charge in [0.25, 0.3) is 0 Å². The first-order valence-electron chi connectivity index (χ1n) is 10.1. The molecule has 33 heavy (non-hydrogen) atoms. The lowest BCUT2D eigenvalue weighted by Gasteiger charge is -2.12. The number of carbonyl (C=O) groups is 1. The van der Waals surface area contributed by atoms with Gasteiger partial charge in [-0.05, 0) is 50.2 Å². The Morgan fingerprint density at radius 3 is 2.42 bits per heavy atom. The Balaban J connectivity index is 1.70. The maximum absolute atomic E-state index is 12.8. The van der Waals surface area contributed by atoms with Crippen LogP contribution in [-0.2, 0) is 23.3 Å². The molecule has 0 amide bonds. The smallest absolute Gasteiger partial charge is 0.416 e. The van der Waals surface area contributed by atoms with Crippen LogP contribution in [-0.4, -0.2) is 23.4 Å². The maximum atomic E-state index is 12.8. The number of thioether (sulfide) groups is 1. The van der Waals surface area contributed by atoms with Crippen LogP contribution in [0.2, 0.25) is 0 Å². The van der Waals surface area contributed by atoms with E-state index in [1.165, 1.54) is 23.9 Å². The second-order valence-corrected chi connectivity index (χ2v) is 8.13. The van der Waals surface area contributed by atoms with Gasteiger partial charge in [-0.3, -0.25) is 4.79 Å². The van der Waals surface area contributed by atoms with Gasteiger partial charge in [0, 0.05) is 22.4 Å². The molecule has 0 saturated carbocycles. The monoisotopic (exact) mass is 480 g/mol. The van der Waals surface area contributed by atoms with Crippen molar-refractivity contribution in [1.29, 1.82) is 0 Å². The summed E-state index contributed by atoms with van der Waals surface area (Å²) in [6.45, 7) is 4.32. The number of furan rings is 1. The summed E-state index contributed by atoms with van der Waals surface area (Å²) >= 11 is 1.26. The summed E-state index contributed by atoms with van der Waals surface area (Å²) in [5, 5.41) is 8.85. The Bertz CT molecular complexity index is 1090. The number of alkyl halides is 3. The lowest BCUT2D eigenvalue weighted by atomic mass is 10.1. The molecule has 0 aliphatic carbocycles. The van der Waals surface area contributed by atoms with Crippen molar-refractivity contribution in [2.75, 3.05) is 12.4 Å².